The number of pyridine rings is 1. The fourth-order valence-electron chi connectivity index (χ4n) is 2.84. The molecule has 2 aromatic rings. The maximum Gasteiger partial charge on any atom is 0.292 e. The molecule has 3 heterocycles. The molecule has 1 saturated heterocycles. The van der Waals surface area contributed by atoms with Crippen molar-refractivity contribution < 1.29 is 14.1 Å². The summed E-state index contributed by atoms with van der Waals surface area (Å²) in [7, 11) is 0. The van der Waals surface area contributed by atoms with Crippen LogP contribution in [0, 0.1) is 19.8 Å². The predicted molar refractivity (Wildman–Crippen MR) is 87.5 cm³/mol. The van der Waals surface area contributed by atoms with Gasteiger partial charge in [0.25, 0.3) is 5.91 Å². The second kappa shape index (κ2) is 6.82. The summed E-state index contributed by atoms with van der Waals surface area (Å²) in [6.07, 6.45) is 1.52. The molecule has 2 aromatic heterocycles. The number of hydrogen-bond acceptors (Lipinski definition) is 5. The van der Waals surface area contributed by atoms with E-state index in [-0.39, 0.29) is 23.5 Å². The Morgan fingerprint density at radius 1 is 1.29 bits per heavy atom. The Kier molecular flexibility index (Phi) is 4.59. The minimum atomic E-state index is -0.256. The average molecular weight is 328 g/mol. The van der Waals surface area contributed by atoms with Crippen molar-refractivity contribution in [2.45, 2.75) is 26.7 Å². The van der Waals surface area contributed by atoms with Crippen LogP contribution in [0.1, 0.15) is 34.8 Å². The topological polar surface area (TPSA) is 88.3 Å². The van der Waals surface area contributed by atoms with E-state index in [1.54, 1.807) is 24.0 Å². The number of anilines is 1. The third kappa shape index (κ3) is 3.61. The van der Waals surface area contributed by atoms with Gasteiger partial charge in [0.05, 0.1) is 11.6 Å². The number of aryl methyl sites for hydroxylation is 2. The highest BCUT2D eigenvalue weighted by molar-refractivity contribution is 5.94. The zero-order valence-corrected chi connectivity index (χ0v) is 13.8. The van der Waals surface area contributed by atoms with Gasteiger partial charge in [0, 0.05) is 24.8 Å². The Morgan fingerprint density at radius 2 is 2.12 bits per heavy atom. The molecule has 0 aromatic carbocycles. The van der Waals surface area contributed by atoms with Gasteiger partial charge in [0.1, 0.15) is 5.82 Å². The van der Waals surface area contributed by atoms with E-state index in [1.165, 1.54) is 0 Å². The maximum atomic E-state index is 12.5. The minimum Gasteiger partial charge on any atom is -0.351 e. The van der Waals surface area contributed by atoms with E-state index in [0.29, 0.717) is 24.6 Å². The minimum absolute atomic E-state index is 0.112. The molecule has 0 saturated carbocycles. The van der Waals surface area contributed by atoms with Crippen molar-refractivity contribution in [3.63, 3.8) is 0 Å². The van der Waals surface area contributed by atoms with Crippen molar-refractivity contribution in [1.82, 2.24) is 15.0 Å². The van der Waals surface area contributed by atoms with Gasteiger partial charge in [-0.2, -0.15) is 0 Å². The second-order valence-corrected chi connectivity index (χ2v) is 6.08. The van der Waals surface area contributed by atoms with Crippen LogP contribution < -0.4 is 5.32 Å². The fourth-order valence-corrected chi connectivity index (χ4v) is 2.84. The van der Waals surface area contributed by atoms with Crippen molar-refractivity contribution in [2.75, 3.05) is 18.4 Å². The molecule has 0 aliphatic carbocycles. The van der Waals surface area contributed by atoms with Gasteiger partial charge in [-0.25, -0.2) is 4.98 Å². The summed E-state index contributed by atoms with van der Waals surface area (Å²) >= 11 is 0. The Labute approximate surface area is 140 Å². The van der Waals surface area contributed by atoms with Crippen LogP contribution in [-0.4, -0.2) is 39.9 Å². The fraction of sp³-hybridized carbons (Fsp3) is 0.412. The standard InChI is InChI=1S/C17H20N4O3/c1-11-5-3-7-15(18-11)19-16(22)13-6-4-8-21(10-13)17(23)14-9-12(2)20-24-14/h3,5,7,9,13H,4,6,8,10H2,1-2H3,(H,18,19,22). The smallest absolute Gasteiger partial charge is 0.292 e. The largest absolute Gasteiger partial charge is 0.351 e. The number of carbonyl (C=O) groups is 2. The monoisotopic (exact) mass is 328 g/mol. The summed E-state index contributed by atoms with van der Waals surface area (Å²) in [5.74, 6) is 0.165. The summed E-state index contributed by atoms with van der Waals surface area (Å²) < 4.78 is 5.03. The van der Waals surface area contributed by atoms with E-state index in [1.807, 2.05) is 19.1 Å². The van der Waals surface area contributed by atoms with Crippen molar-refractivity contribution in [2.24, 2.45) is 5.92 Å². The molecule has 3 rings (SSSR count). The highest BCUT2D eigenvalue weighted by atomic mass is 16.5. The number of hydrogen-bond donors (Lipinski definition) is 1. The molecule has 126 valence electrons. The summed E-state index contributed by atoms with van der Waals surface area (Å²) in [5, 5.41) is 6.57. The molecule has 0 spiro atoms. The molecule has 0 radical (unpaired) electrons. The first-order chi connectivity index (χ1) is 11.5. The molecule has 1 aliphatic heterocycles. The van der Waals surface area contributed by atoms with Gasteiger partial charge in [0.2, 0.25) is 11.7 Å². The lowest BCUT2D eigenvalue weighted by Crippen LogP contribution is -2.43. The third-order valence-electron chi connectivity index (χ3n) is 4.06. The first-order valence-electron chi connectivity index (χ1n) is 8.00. The van der Waals surface area contributed by atoms with Gasteiger partial charge in [-0.1, -0.05) is 11.2 Å². The SMILES string of the molecule is Cc1cc(C(=O)N2CCCC(C(=O)Nc3cccc(C)n3)C2)on1. The molecule has 7 heteroatoms. The Bertz CT molecular complexity index is 756. The van der Waals surface area contributed by atoms with Crippen molar-refractivity contribution in [3.8, 4) is 0 Å². The van der Waals surface area contributed by atoms with E-state index >= 15 is 0 Å². The molecule has 7 nitrogen and oxygen atoms in total. The van der Waals surface area contributed by atoms with Crippen LogP contribution in [0.25, 0.3) is 0 Å². The molecule has 1 unspecified atom stereocenters. The van der Waals surface area contributed by atoms with Crippen molar-refractivity contribution in [1.29, 1.82) is 0 Å². The van der Waals surface area contributed by atoms with Crippen LogP contribution in [0.3, 0.4) is 0 Å². The molecule has 1 fully saturated rings. The number of likely N-dealkylation sites (tertiary alicyclic amines) is 1. The lowest BCUT2D eigenvalue weighted by molar-refractivity contribution is -0.121. The molecule has 1 aliphatic rings. The molecule has 0 bridgehead atoms. The normalized spacial score (nSPS) is 17.6. The molecular formula is C17H20N4O3. The van der Waals surface area contributed by atoms with E-state index < -0.39 is 0 Å². The summed E-state index contributed by atoms with van der Waals surface area (Å²) in [6.45, 7) is 4.62. The first kappa shape index (κ1) is 16.2. The molecule has 1 N–H and O–H groups in total. The number of amides is 2. The van der Waals surface area contributed by atoms with E-state index in [2.05, 4.69) is 15.5 Å². The van der Waals surface area contributed by atoms with Crippen LogP contribution in [0.2, 0.25) is 0 Å². The number of rotatable bonds is 3. The maximum absolute atomic E-state index is 12.5. The third-order valence-corrected chi connectivity index (χ3v) is 4.06. The lowest BCUT2D eigenvalue weighted by atomic mass is 9.97. The quantitative estimate of drug-likeness (QED) is 0.933. The molecular weight excluding hydrogens is 308 g/mol. The summed E-state index contributed by atoms with van der Waals surface area (Å²) in [4.78, 5) is 30.8. The predicted octanol–water partition coefficient (Wildman–Crippen LogP) is 2.18. The highest BCUT2D eigenvalue weighted by Gasteiger charge is 2.30. The number of nitrogens with one attached hydrogen (secondary N) is 1. The van der Waals surface area contributed by atoms with Crippen LogP contribution in [0.4, 0.5) is 5.82 Å². The van der Waals surface area contributed by atoms with Gasteiger partial charge < -0.3 is 14.7 Å². The van der Waals surface area contributed by atoms with Crippen LogP contribution >= 0.6 is 0 Å². The van der Waals surface area contributed by atoms with Gasteiger partial charge in [0.15, 0.2) is 0 Å². The number of aromatic nitrogens is 2. The van der Waals surface area contributed by atoms with Gasteiger partial charge in [-0.3, -0.25) is 9.59 Å². The van der Waals surface area contributed by atoms with Crippen molar-refractivity contribution in [3.05, 3.63) is 41.4 Å². The lowest BCUT2D eigenvalue weighted by Gasteiger charge is -2.31. The van der Waals surface area contributed by atoms with Crippen LogP contribution in [-0.2, 0) is 4.79 Å². The Morgan fingerprint density at radius 3 is 2.83 bits per heavy atom. The zero-order chi connectivity index (χ0) is 17.1. The number of nitrogens with zero attached hydrogens (tertiary/aromatic N) is 3. The average Bonchev–Trinajstić information content (AvgIpc) is 3.01. The van der Waals surface area contributed by atoms with E-state index in [4.69, 9.17) is 4.52 Å². The van der Waals surface area contributed by atoms with Crippen LogP contribution in [0.5, 0.6) is 0 Å². The summed E-state index contributed by atoms with van der Waals surface area (Å²) in [5.41, 5.74) is 1.50. The molecule has 2 amide bonds. The number of piperidine rings is 1. The van der Waals surface area contributed by atoms with Gasteiger partial charge in [-0.05, 0) is 38.8 Å². The van der Waals surface area contributed by atoms with Crippen molar-refractivity contribution >= 4 is 17.6 Å². The van der Waals surface area contributed by atoms with Gasteiger partial charge in [-0.15, -0.1) is 0 Å². The van der Waals surface area contributed by atoms with Crippen LogP contribution in [0.15, 0.2) is 28.8 Å². The van der Waals surface area contributed by atoms with Gasteiger partial charge >= 0.3 is 0 Å². The Balaban J connectivity index is 1.64. The molecule has 24 heavy (non-hydrogen) atoms. The Hall–Kier alpha value is -2.70. The van der Waals surface area contributed by atoms with E-state index in [9.17, 15) is 9.59 Å². The second-order valence-electron chi connectivity index (χ2n) is 6.08. The molecule has 1 atom stereocenters. The van der Waals surface area contributed by atoms with E-state index in [0.717, 1.165) is 18.5 Å². The zero-order valence-electron chi connectivity index (χ0n) is 13.8. The number of carbonyl (C=O) groups excluding carboxylic acids is 2. The first-order valence-corrected chi connectivity index (χ1v) is 8.00. The highest BCUT2D eigenvalue weighted by Crippen LogP contribution is 2.20. The summed E-state index contributed by atoms with van der Waals surface area (Å²) in [6, 6.07) is 7.09.